The Hall–Kier alpha value is -2.43. The highest BCUT2D eigenvalue weighted by Gasteiger charge is 2.17. The van der Waals surface area contributed by atoms with Gasteiger partial charge in [0.15, 0.2) is 0 Å². The molecule has 1 aromatic carbocycles. The van der Waals surface area contributed by atoms with Crippen LogP contribution in [-0.4, -0.2) is 21.4 Å². The van der Waals surface area contributed by atoms with Crippen molar-refractivity contribution in [2.45, 2.75) is 47.1 Å². The highest BCUT2D eigenvalue weighted by Crippen LogP contribution is 2.19. The third-order valence-electron chi connectivity index (χ3n) is 3.34. The summed E-state index contributed by atoms with van der Waals surface area (Å²) in [4.78, 5) is 20.9. The predicted molar refractivity (Wildman–Crippen MR) is 93.2 cm³/mol. The number of anilines is 2. The van der Waals surface area contributed by atoms with Crippen LogP contribution in [0.25, 0.3) is 0 Å². The molecule has 1 aromatic heterocycles. The van der Waals surface area contributed by atoms with E-state index in [4.69, 9.17) is 0 Å². The van der Waals surface area contributed by atoms with E-state index in [2.05, 4.69) is 46.6 Å². The maximum absolute atomic E-state index is 12.3. The molecule has 0 aliphatic rings. The maximum atomic E-state index is 12.3. The van der Waals surface area contributed by atoms with Crippen LogP contribution in [0.5, 0.6) is 0 Å². The van der Waals surface area contributed by atoms with Crippen molar-refractivity contribution in [2.24, 2.45) is 0 Å². The number of hydrogen-bond donors (Lipinski definition) is 2. The van der Waals surface area contributed by atoms with Crippen molar-refractivity contribution in [2.75, 3.05) is 5.32 Å². The Kier molecular flexibility index (Phi) is 4.68. The molecule has 5 heteroatoms. The van der Waals surface area contributed by atoms with Gasteiger partial charge in [-0.15, -0.1) is 0 Å². The molecule has 2 rings (SSSR count). The number of amides is 1. The Morgan fingerprint density at radius 1 is 1.00 bits per heavy atom. The Morgan fingerprint density at radius 3 is 2.30 bits per heavy atom. The molecule has 2 aromatic rings. The molecule has 0 atom stereocenters. The number of hydrogen-bond acceptors (Lipinski definition) is 4. The van der Waals surface area contributed by atoms with Gasteiger partial charge in [0.2, 0.25) is 0 Å². The van der Waals surface area contributed by atoms with Crippen molar-refractivity contribution >= 4 is 17.4 Å². The topological polar surface area (TPSA) is 66.9 Å². The van der Waals surface area contributed by atoms with Gasteiger partial charge in [0.05, 0.1) is 0 Å². The van der Waals surface area contributed by atoms with Gasteiger partial charge in [-0.25, -0.2) is 9.97 Å². The quantitative estimate of drug-likeness (QED) is 0.907. The van der Waals surface area contributed by atoms with Gasteiger partial charge >= 0.3 is 0 Å². The average Bonchev–Trinajstić information content (AvgIpc) is 2.40. The number of nitrogens with zero attached hydrogens (tertiary/aromatic N) is 2. The molecule has 0 radical (unpaired) electrons. The van der Waals surface area contributed by atoms with E-state index in [1.54, 1.807) is 13.0 Å². The second kappa shape index (κ2) is 6.36. The van der Waals surface area contributed by atoms with Crippen molar-refractivity contribution in [1.82, 2.24) is 15.3 Å². The molecule has 2 N–H and O–H groups in total. The van der Waals surface area contributed by atoms with Gasteiger partial charge < -0.3 is 10.6 Å². The van der Waals surface area contributed by atoms with Gasteiger partial charge in [-0.2, -0.15) is 0 Å². The highest BCUT2D eigenvalue weighted by molar-refractivity contribution is 5.93. The molecule has 23 heavy (non-hydrogen) atoms. The number of rotatable bonds is 3. The molecule has 0 unspecified atom stereocenters. The lowest BCUT2D eigenvalue weighted by atomic mass is 10.1. The van der Waals surface area contributed by atoms with Crippen molar-refractivity contribution < 1.29 is 4.79 Å². The third kappa shape index (κ3) is 4.77. The second-order valence-electron chi connectivity index (χ2n) is 6.81. The fourth-order valence-electron chi connectivity index (χ4n) is 2.12. The zero-order valence-corrected chi connectivity index (χ0v) is 14.6. The van der Waals surface area contributed by atoms with Gasteiger partial charge in [-0.05, 0) is 64.8 Å². The van der Waals surface area contributed by atoms with E-state index < -0.39 is 0 Å². The molecule has 0 fully saturated rings. The van der Waals surface area contributed by atoms with E-state index in [9.17, 15) is 4.79 Å². The summed E-state index contributed by atoms with van der Waals surface area (Å²) in [6, 6.07) is 7.78. The van der Waals surface area contributed by atoms with Crippen LogP contribution in [0.15, 0.2) is 24.3 Å². The van der Waals surface area contributed by atoms with E-state index in [1.807, 2.05) is 26.8 Å². The van der Waals surface area contributed by atoms with Crippen LogP contribution in [0.1, 0.15) is 48.2 Å². The molecule has 1 heterocycles. The lowest BCUT2D eigenvalue weighted by Crippen LogP contribution is -2.41. The third-order valence-corrected chi connectivity index (χ3v) is 3.34. The first kappa shape index (κ1) is 16.9. The second-order valence-corrected chi connectivity index (χ2v) is 6.81. The number of aromatic nitrogens is 2. The van der Waals surface area contributed by atoms with Gasteiger partial charge in [0.1, 0.15) is 17.3 Å². The van der Waals surface area contributed by atoms with Crippen LogP contribution < -0.4 is 10.6 Å². The van der Waals surface area contributed by atoms with Crippen molar-refractivity contribution in [3.8, 4) is 0 Å². The fraction of sp³-hybridized carbons (Fsp3) is 0.389. The summed E-state index contributed by atoms with van der Waals surface area (Å²) in [6.45, 7) is 11.7. The highest BCUT2D eigenvalue weighted by atomic mass is 16.2. The Morgan fingerprint density at radius 2 is 1.70 bits per heavy atom. The number of carbonyl (C=O) groups excluding carboxylic acids is 1. The van der Waals surface area contributed by atoms with Crippen LogP contribution in [0, 0.1) is 20.8 Å². The van der Waals surface area contributed by atoms with Gasteiger partial charge in [-0.1, -0.05) is 6.07 Å². The molecule has 0 spiro atoms. The van der Waals surface area contributed by atoms with Crippen molar-refractivity contribution in [1.29, 1.82) is 0 Å². The van der Waals surface area contributed by atoms with Gasteiger partial charge in [0.25, 0.3) is 5.91 Å². The summed E-state index contributed by atoms with van der Waals surface area (Å²) in [5, 5.41) is 6.15. The lowest BCUT2D eigenvalue weighted by molar-refractivity contribution is 0.0914. The molecule has 0 bridgehead atoms. The Balaban J connectivity index is 2.26. The summed E-state index contributed by atoms with van der Waals surface area (Å²) in [7, 11) is 0. The molecule has 1 amide bonds. The lowest BCUT2D eigenvalue weighted by Gasteiger charge is -2.20. The van der Waals surface area contributed by atoms with Gasteiger partial charge in [-0.3, -0.25) is 4.79 Å². The molecule has 0 saturated heterocycles. The standard InChI is InChI=1S/C18H24N4O/c1-11-7-8-14(9-12(11)2)21-16-10-15(19-13(3)20-16)17(23)22-18(4,5)6/h7-10H,1-6H3,(H,22,23)(H,19,20,21). The molecular weight excluding hydrogens is 288 g/mol. The minimum atomic E-state index is -0.308. The molecule has 0 aliphatic heterocycles. The Labute approximate surface area is 137 Å². The van der Waals surface area contributed by atoms with E-state index in [1.165, 1.54) is 11.1 Å². The number of carbonyl (C=O) groups is 1. The zero-order chi connectivity index (χ0) is 17.2. The summed E-state index contributed by atoms with van der Waals surface area (Å²) < 4.78 is 0. The van der Waals surface area contributed by atoms with E-state index in [0.29, 0.717) is 17.3 Å². The minimum absolute atomic E-state index is 0.203. The first-order chi connectivity index (χ1) is 10.6. The van der Waals surface area contributed by atoms with Crippen molar-refractivity contribution in [3.05, 3.63) is 46.9 Å². The first-order valence-electron chi connectivity index (χ1n) is 7.66. The van der Waals surface area contributed by atoms with Crippen LogP contribution in [0.2, 0.25) is 0 Å². The maximum Gasteiger partial charge on any atom is 0.270 e. The number of nitrogens with one attached hydrogen (secondary N) is 2. The average molecular weight is 312 g/mol. The smallest absolute Gasteiger partial charge is 0.270 e. The number of benzene rings is 1. The molecule has 0 saturated carbocycles. The van der Waals surface area contributed by atoms with Crippen LogP contribution in [-0.2, 0) is 0 Å². The van der Waals surface area contributed by atoms with E-state index in [-0.39, 0.29) is 11.4 Å². The van der Waals surface area contributed by atoms with E-state index in [0.717, 1.165) is 5.69 Å². The van der Waals surface area contributed by atoms with Crippen LogP contribution in [0.4, 0.5) is 11.5 Å². The SMILES string of the molecule is Cc1nc(Nc2ccc(C)c(C)c2)cc(C(=O)NC(C)(C)C)n1. The summed E-state index contributed by atoms with van der Waals surface area (Å²) in [5.41, 5.74) is 3.43. The fourth-order valence-corrected chi connectivity index (χ4v) is 2.12. The van der Waals surface area contributed by atoms with Crippen LogP contribution >= 0.6 is 0 Å². The first-order valence-corrected chi connectivity index (χ1v) is 7.66. The van der Waals surface area contributed by atoms with Crippen LogP contribution in [0.3, 0.4) is 0 Å². The minimum Gasteiger partial charge on any atom is -0.346 e. The molecule has 5 nitrogen and oxygen atoms in total. The van der Waals surface area contributed by atoms with E-state index >= 15 is 0 Å². The molecule has 0 aliphatic carbocycles. The van der Waals surface area contributed by atoms with Crippen molar-refractivity contribution in [3.63, 3.8) is 0 Å². The summed E-state index contributed by atoms with van der Waals surface area (Å²) in [6.07, 6.45) is 0. The predicted octanol–water partition coefficient (Wildman–Crippen LogP) is 3.67. The molecular formula is C18H24N4O. The summed E-state index contributed by atoms with van der Waals surface area (Å²) in [5.74, 6) is 0.962. The normalized spacial score (nSPS) is 11.2. The Bertz CT molecular complexity index is 732. The van der Waals surface area contributed by atoms with Gasteiger partial charge in [0, 0.05) is 17.3 Å². The summed E-state index contributed by atoms with van der Waals surface area (Å²) >= 11 is 0. The zero-order valence-electron chi connectivity index (χ0n) is 14.6. The number of aryl methyl sites for hydroxylation is 3. The largest absolute Gasteiger partial charge is 0.346 e. The molecule has 122 valence electrons. The monoisotopic (exact) mass is 312 g/mol.